The Bertz CT molecular complexity index is 519. The highest BCUT2D eigenvalue weighted by Gasteiger charge is 2.32. The zero-order valence-corrected chi connectivity index (χ0v) is 14.6. The first-order chi connectivity index (χ1) is 9.84. The van der Waals surface area contributed by atoms with Gasteiger partial charge in [0.15, 0.2) is 0 Å². The van der Waals surface area contributed by atoms with Gasteiger partial charge in [0, 0.05) is 16.1 Å². The second kappa shape index (κ2) is 8.04. The standard InChI is InChI=1S/C16H25ClO3S/c1-4-7-14-8-10-15(11-9-14)20-12-16(5-2,6-3)13-21(17,18)19/h8-11H,4-7,12-13H2,1-3H3. The first kappa shape index (κ1) is 18.3. The quantitative estimate of drug-likeness (QED) is 0.630. The molecule has 21 heavy (non-hydrogen) atoms. The maximum Gasteiger partial charge on any atom is 0.233 e. The van der Waals surface area contributed by atoms with Crippen molar-refractivity contribution in [2.24, 2.45) is 5.41 Å². The van der Waals surface area contributed by atoms with Crippen LogP contribution in [0.25, 0.3) is 0 Å². The number of benzene rings is 1. The minimum absolute atomic E-state index is 0.0531. The molecule has 0 saturated carbocycles. The molecule has 0 aromatic heterocycles. The maximum atomic E-state index is 11.4. The lowest BCUT2D eigenvalue weighted by atomic mass is 9.85. The Morgan fingerprint density at radius 3 is 2.10 bits per heavy atom. The fourth-order valence-corrected chi connectivity index (χ4v) is 4.26. The second-order valence-electron chi connectivity index (χ2n) is 5.57. The van der Waals surface area contributed by atoms with E-state index in [1.807, 2.05) is 26.0 Å². The van der Waals surface area contributed by atoms with Crippen LogP contribution >= 0.6 is 10.7 Å². The maximum absolute atomic E-state index is 11.4. The van der Waals surface area contributed by atoms with Gasteiger partial charge in [-0.15, -0.1) is 0 Å². The van der Waals surface area contributed by atoms with Gasteiger partial charge in [-0.3, -0.25) is 0 Å². The molecule has 3 nitrogen and oxygen atoms in total. The van der Waals surface area contributed by atoms with E-state index in [1.54, 1.807) is 0 Å². The molecule has 0 aliphatic rings. The van der Waals surface area contributed by atoms with Crippen LogP contribution in [0.3, 0.4) is 0 Å². The minimum atomic E-state index is -3.53. The fourth-order valence-electron chi connectivity index (χ4n) is 2.34. The molecule has 1 rings (SSSR count). The Labute approximate surface area is 133 Å². The van der Waals surface area contributed by atoms with Gasteiger partial charge in [0.25, 0.3) is 0 Å². The number of ether oxygens (including phenoxy) is 1. The van der Waals surface area contributed by atoms with Gasteiger partial charge in [0.1, 0.15) is 5.75 Å². The van der Waals surface area contributed by atoms with E-state index in [0.29, 0.717) is 19.4 Å². The molecule has 1 aromatic rings. The Morgan fingerprint density at radius 1 is 1.10 bits per heavy atom. The molecule has 0 heterocycles. The van der Waals surface area contributed by atoms with Crippen LogP contribution in [0, 0.1) is 5.41 Å². The van der Waals surface area contributed by atoms with Crippen LogP contribution in [-0.2, 0) is 15.5 Å². The lowest BCUT2D eigenvalue weighted by Crippen LogP contribution is -2.33. The summed E-state index contributed by atoms with van der Waals surface area (Å²) >= 11 is 0. The van der Waals surface area contributed by atoms with Gasteiger partial charge in [0.05, 0.1) is 12.4 Å². The summed E-state index contributed by atoms with van der Waals surface area (Å²) in [5.74, 6) is 0.718. The smallest absolute Gasteiger partial charge is 0.233 e. The van der Waals surface area contributed by atoms with Crippen LogP contribution in [0.2, 0.25) is 0 Å². The Morgan fingerprint density at radius 2 is 1.67 bits per heavy atom. The summed E-state index contributed by atoms with van der Waals surface area (Å²) in [6.07, 6.45) is 3.59. The summed E-state index contributed by atoms with van der Waals surface area (Å²) < 4.78 is 28.6. The number of halogens is 1. The monoisotopic (exact) mass is 332 g/mol. The molecular weight excluding hydrogens is 308 g/mol. The van der Waals surface area contributed by atoms with Crippen LogP contribution in [0.5, 0.6) is 5.75 Å². The van der Waals surface area contributed by atoms with E-state index in [4.69, 9.17) is 15.4 Å². The predicted molar refractivity (Wildman–Crippen MR) is 88.6 cm³/mol. The van der Waals surface area contributed by atoms with Gasteiger partial charge in [0.2, 0.25) is 9.05 Å². The average molecular weight is 333 g/mol. The molecular formula is C16H25ClO3S. The van der Waals surface area contributed by atoms with Gasteiger partial charge in [-0.25, -0.2) is 8.42 Å². The van der Waals surface area contributed by atoms with Crippen molar-refractivity contribution in [2.45, 2.75) is 46.5 Å². The molecule has 5 heteroatoms. The zero-order chi connectivity index (χ0) is 15.9. The lowest BCUT2D eigenvalue weighted by Gasteiger charge is -2.30. The fraction of sp³-hybridized carbons (Fsp3) is 0.625. The number of hydrogen-bond donors (Lipinski definition) is 0. The van der Waals surface area contributed by atoms with Crippen LogP contribution in [0.4, 0.5) is 0 Å². The predicted octanol–water partition coefficient (Wildman–Crippen LogP) is 4.39. The molecule has 0 saturated heterocycles. The third-order valence-electron chi connectivity index (χ3n) is 3.99. The first-order valence-electron chi connectivity index (χ1n) is 7.48. The summed E-state index contributed by atoms with van der Waals surface area (Å²) in [7, 11) is 1.90. The molecule has 0 atom stereocenters. The van der Waals surface area contributed by atoms with Crippen molar-refractivity contribution in [3.8, 4) is 5.75 Å². The average Bonchev–Trinajstić information content (AvgIpc) is 2.44. The van der Waals surface area contributed by atoms with Crippen LogP contribution in [0.1, 0.15) is 45.6 Å². The summed E-state index contributed by atoms with van der Waals surface area (Å²) in [6, 6.07) is 7.99. The van der Waals surface area contributed by atoms with Gasteiger partial charge in [-0.2, -0.15) is 0 Å². The third-order valence-corrected chi connectivity index (χ3v) is 5.27. The number of rotatable bonds is 9. The lowest BCUT2D eigenvalue weighted by molar-refractivity contribution is 0.155. The van der Waals surface area contributed by atoms with Crippen molar-refractivity contribution in [1.29, 1.82) is 0 Å². The van der Waals surface area contributed by atoms with Gasteiger partial charge in [-0.1, -0.05) is 39.3 Å². The van der Waals surface area contributed by atoms with E-state index in [0.717, 1.165) is 18.6 Å². The van der Waals surface area contributed by atoms with Crippen LogP contribution in [0.15, 0.2) is 24.3 Å². The van der Waals surface area contributed by atoms with Crippen molar-refractivity contribution >= 4 is 19.7 Å². The minimum Gasteiger partial charge on any atom is -0.493 e. The van der Waals surface area contributed by atoms with Gasteiger partial charge >= 0.3 is 0 Å². The Kier molecular flexibility index (Phi) is 7.01. The highest BCUT2D eigenvalue weighted by molar-refractivity contribution is 8.13. The largest absolute Gasteiger partial charge is 0.493 e. The number of hydrogen-bond acceptors (Lipinski definition) is 3. The van der Waals surface area contributed by atoms with E-state index in [9.17, 15) is 8.42 Å². The second-order valence-corrected chi connectivity index (χ2v) is 8.35. The molecule has 0 aliphatic heterocycles. The summed E-state index contributed by atoms with van der Waals surface area (Å²) in [5, 5.41) is 0. The molecule has 0 N–H and O–H groups in total. The van der Waals surface area contributed by atoms with Crippen molar-refractivity contribution in [2.75, 3.05) is 12.4 Å². The van der Waals surface area contributed by atoms with Crippen LogP contribution < -0.4 is 4.74 Å². The molecule has 0 radical (unpaired) electrons. The molecule has 0 fully saturated rings. The normalized spacial score (nSPS) is 12.4. The molecule has 120 valence electrons. The highest BCUT2D eigenvalue weighted by Crippen LogP contribution is 2.30. The SMILES string of the molecule is CCCc1ccc(OCC(CC)(CC)CS(=O)(=O)Cl)cc1. The summed E-state index contributed by atoms with van der Waals surface area (Å²) in [6.45, 7) is 6.45. The summed E-state index contributed by atoms with van der Waals surface area (Å²) in [4.78, 5) is 0. The molecule has 0 aliphatic carbocycles. The van der Waals surface area contributed by atoms with E-state index < -0.39 is 14.5 Å². The van der Waals surface area contributed by atoms with E-state index in [1.165, 1.54) is 5.56 Å². The van der Waals surface area contributed by atoms with Gasteiger partial charge < -0.3 is 4.74 Å². The van der Waals surface area contributed by atoms with E-state index >= 15 is 0 Å². The Hall–Kier alpha value is -0.740. The van der Waals surface area contributed by atoms with Crippen molar-refractivity contribution in [1.82, 2.24) is 0 Å². The van der Waals surface area contributed by atoms with Crippen molar-refractivity contribution in [3.63, 3.8) is 0 Å². The first-order valence-corrected chi connectivity index (χ1v) is 9.96. The highest BCUT2D eigenvalue weighted by atomic mass is 35.7. The molecule has 0 unspecified atom stereocenters. The molecule has 0 amide bonds. The third kappa shape index (κ3) is 6.27. The molecule has 0 spiro atoms. The molecule has 0 bridgehead atoms. The van der Waals surface area contributed by atoms with Crippen molar-refractivity contribution in [3.05, 3.63) is 29.8 Å². The summed E-state index contributed by atoms with van der Waals surface area (Å²) in [5.41, 5.74) is 0.855. The van der Waals surface area contributed by atoms with Crippen LogP contribution in [-0.4, -0.2) is 20.8 Å². The molecule has 1 aromatic carbocycles. The van der Waals surface area contributed by atoms with E-state index in [2.05, 4.69) is 19.1 Å². The topological polar surface area (TPSA) is 43.4 Å². The van der Waals surface area contributed by atoms with E-state index in [-0.39, 0.29) is 5.75 Å². The van der Waals surface area contributed by atoms with Gasteiger partial charge in [-0.05, 0) is 37.0 Å². The Balaban J connectivity index is 2.72. The zero-order valence-electron chi connectivity index (χ0n) is 13.1. The number of aryl methyl sites for hydroxylation is 1. The van der Waals surface area contributed by atoms with Crippen molar-refractivity contribution < 1.29 is 13.2 Å².